The third-order valence-corrected chi connectivity index (χ3v) is 4.72. The number of rotatable bonds is 3. The molecule has 1 fully saturated rings. The maximum absolute atomic E-state index is 5.60. The van der Waals surface area contributed by atoms with Gasteiger partial charge in [0.2, 0.25) is 0 Å². The van der Waals surface area contributed by atoms with Gasteiger partial charge >= 0.3 is 0 Å². The van der Waals surface area contributed by atoms with Gasteiger partial charge in [-0.15, -0.1) is 0 Å². The van der Waals surface area contributed by atoms with Crippen LogP contribution < -0.4 is 10.6 Å². The van der Waals surface area contributed by atoms with Crippen LogP contribution in [0, 0.1) is 6.92 Å². The summed E-state index contributed by atoms with van der Waals surface area (Å²) in [5, 5.41) is 1.16. The summed E-state index contributed by atoms with van der Waals surface area (Å²) in [5.41, 5.74) is 8.01. The van der Waals surface area contributed by atoms with Crippen LogP contribution in [0.5, 0.6) is 0 Å². The lowest BCUT2D eigenvalue weighted by molar-refractivity contribution is 0.265. The number of nitrogens with two attached hydrogens (primary N) is 1. The second-order valence-electron chi connectivity index (χ2n) is 5.08. The molecule has 1 saturated heterocycles. The zero-order valence-electron chi connectivity index (χ0n) is 11.3. The number of piperazine rings is 1. The molecule has 0 radical (unpaired) electrons. The van der Waals surface area contributed by atoms with Crippen molar-refractivity contribution >= 4 is 26.7 Å². The molecule has 0 amide bonds. The molecule has 2 aromatic rings. The minimum absolute atomic E-state index is 0.750. The standard InChI is InChI=1S/C14H20N4S/c1-11-2-3-13-12(10-11)16-14(19-13)18-8-6-17(5-4-15)7-9-18/h2-3,10H,4-9,15H2,1H3. The monoisotopic (exact) mass is 276 g/mol. The SMILES string of the molecule is Cc1ccc2sc(N3CCN(CCN)CC3)nc2c1. The number of anilines is 1. The normalized spacial score (nSPS) is 17.3. The molecule has 2 N–H and O–H groups in total. The Hall–Kier alpha value is -1.17. The Bertz CT molecular complexity index is 558. The molecular formula is C14H20N4S. The van der Waals surface area contributed by atoms with Crippen LogP contribution in [0.15, 0.2) is 18.2 Å². The van der Waals surface area contributed by atoms with Crippen LogP contribution in [-0.2, 0) is 0 Å². The molecule has 0 atom stereocenters. The first-order valence-electron chi connectivity index (χ1n) is 6.81. The molecule has 1 aromatic carbocycles. The Morgan fingerprint density at radius 3 is 2.79 bits per heavy atom. The second kappa shape index (κ2) is 5.45. The van der Waals surface area contributed by atoms with Crippen molar-refractivity contribution in [2.75, 3.05) is 44.2 Å². The maximum Gasteiger partial charge on any atom is 0.186 e. The molecule has 0 bridgehead atoms. The molecule has 19 heavy (non-hydrogen) atoms. The van der Waals surface area contributed by atoms with Crippen LogP contribution in [0.3, 0.4) is 0 Å². The van der Waals surface area contributed by atoms with E-state index in [9.17, 15) is 0 Å². The second-order valence-corrected chi connectivity index (χ2v) is 6.09. The van der Waals surface area contributed by atoms with Gasteiger partial charge in [0.1, 0.15) is 0 Å². The van der Waals surface area contributed by atoms with Crippen LogP contribution in [0.25, 0.3) is 10.2 Å². The number of nitrogens with zero attached hydrogens (tertiary/aromatic N) is 3. The van der Waals surface area contributed by atoms with Crippen LogP contribution in [0.1, 0.15) is 5.56 Å². The van der Waals surface area contributed by atoms with Gasteiger partial charge in [-0.05, 0) is 24.6 Å². The number of benzene rings is 1. The fraction of sp³-hybridized carbons (Fsp3) is 0.500. The summed E-state index contributed by atoms with van der Waals surface area (Å²) in [6.07, 6.45) is 0. The van der Waals surface area contributed by atoms with Crippen molar-refractivity contribution in [3.8, 4) is 0 Å². The number of hydrogen-bond acceptors (Lipinski definition) is 5. The molecule has 2 heterocycles. The van der Waals surface area contributed by atoms with Crippen molar-refractivity contribution < 1.29 is 0 Å². The molecule has 0 aliphatic carbocycles. The average Bonchev–Trinajstić information content (AvgIpc) is 2.83. The molecule has 1 aliphatic rings. The summed E-state index contributed by atoms with van der Waals surface area (Å²) < 4.78 is 1.28. The van der Waals surface area contributed by atoms with E-state index in [0.717, 1.165) is 49.9 Å². The summed E-state index contributed by atoms with van der Waals surface area (Å²) in [7, 11) is 0. The minimum atomic E-state index is 0.750. The van der Waals surface area contributed by atoms with E-state index in [0.29, 0.717) is 0 Å². The van der Waals surface area contributed by atoms with E-state index >= 15 is 0 Å². The van der Waals surface area contributed by atoms with E-state index in [1.807, 2.05) is 0 Å². The Morgan fingerprint density at radius 2 is 2.05 bits per heavy atom. The zero-order chi connectivity index (χ0) is 13.2. The predicted octanol–water partition coefficient (Wildman–Crippen LogP) is 1.69. The van der Waals surface area contributed by atoms with Crippen molar-refractivity contribution in [2.45, 2.75) is 6.92 Å². The minimum Gasteiger partial charge on any atom is -0.345 e. The van der Waals surface area contributed by atoms with E-state index in [1.165, 1.54) is 10.3 Å². The Kier molecular flexibility index (Phi) is 3.68. The Morgan fingerprint density at radius 1 is 1.26 bits per heavy atom. The first kappa shape index (κ1) is 12.8. The van der Waals surface area contributed by atoms with E-state index < -0.39 is 0 Å². The molecule has 0 unspecified atom stereocenters. The van der Waals surface area contributed by atoms with Gasteiger partial charge in [-0.2, -0.15) is 0 Å². The van der Waals surface area contributed by atoms with Crippen LogP contribution in [0.4, 0.5) is 5.13 Å². The zero-order valence-corrected chi connectivity index (χ0v) is 12.1. The fourth-order valence-electron chi connectivity index (χ4n) is 2.51. The number of aryl methyl sites for hydroxylation is 1. The van der Waals surface area contributed by atoms with Crippen LogP contribution in [0.2, 0.25) is 0 Å². The largest absolute Gasteiger partial charge is 0.345 e. The number of aromatic nitrogens is 1. The fourth-order valence-corrected chi connectivity index (χ4v) is 3.50. The highest BCUT2D eigenvalue weighted by atomic mass is 32.1. The molecule has 1 aromatic heterocycles. The third kappa shape index (κ3) is 2.73. The van der Waals surface area contributed by atoms with Gasteiger partial charge < -0.3 is 10.6 Å². The molecule has 1 aliphatic heterocycles. The van der Waals surface area contributed by atoms with Gasteiger partial charge in [-0.25, -0.2) is 4.98 Å². The van der Waals surface area contributed by atoms with Crippen molar-refractivity contribution in [3.63, 3.8) is 0 Å². The van der Waals surface area contributed by atoms with Crippen molar-refractivity contribution in [1.29, 1.82) is 0 Å². The van der Waals surface area contributed by atoms with E-state index in [2.05, 4.69) is 34.9 Å². The quantitative estimate of drug-likeness (QED) is 0.926. The smallest absolute Gasteiger partial charge is 0.186 e. The highest BCUT2D eigenvalue weighted by Crippen LogP contribution is 2.29. The Balaban J connectivity index is 1.74. The van der Waals surface area contributed by atoms with Crippen molar-refractivity contribution in [2.24, 2.45) is 5.73 Å². The van der Waals surface area contributed by atoms with Gasteiger partial charge in [0.05, 0.1) is 10.2 Å². The lowest BCUT2D eigenvalue weighted by atomic mass is 10.2. The van der Waals surface area contributed by atoms with E-state index in [-0.39, 0.29) is 0 Å². The van der Waals surface area contributed by atoms with Crippen LogP contribution >= 0.6 is 11.3 Å². The topological polar surface area (TPSA) is 45.4 Å². The highest BCUT2D eigenvalue weighted by Gasteiger charge is 2.19. The van der Waals surface area contributed by atoms with Gasteiger partial charge in [0, 0.05) is 39.3 Å². The molecule has 0 spiro atoms. The molecular weight excluding hydrogens is 256 g/mol. The number of hydrogen-bond donors (Lipinski definition) is 1. The molecule has 0 saturated carbocycles. The third-order valence-electron chi connectivity index (χ3n) is 3.62. The Labute approximate surface area is 117 Å². The molecule has 102 valence electrons. The van der Waals surface area contributed by atoms with Crippen molar-refractivity contribution in [3.05, 3.63) is 23.8 Å². The molecule has 5 heteroatoms. The summed E-state index contributed by atoms with van der Waals surface area (Å²) in [6.45, 7) is 8.16. The van der Waals surface area contributed by atoms with E-state index in [4.69, 9.17) is 10.7 Å². The first-order valence-corrected chi connectivity index (χ1v) is 7.62. The van der Waals surface area contributed by atoms with Crippen molar-refractivity contribution in [1.82, 2.24) is 9.88 Å². The van der Waals surface area contributed by atoms with E-state index in [1.54, 1.807) is 11.3 Å². The summed E-state index contributed by atoms with van der Waals surface area (Å²) in [6, 6.07) is 6.50. The predicted molar refractivity (Wildman–Crippen MR) is 82.1 cm³/mol. The summed E-state index contributed by atoms with van der Waals surface area (Å²) >= 11 is 1.80. The summed E-state index contributed by atoms with van der Waals surface area (Å²) in [5.74, 6) is 0. The van der Waals surface area contributed by atoms with Gasteiger partial charge in [0.25, 0.3) is 0 Å². The van der Waals surface area contributed by atoms with Crippen LogP contribution in [-0.4, -0.2) is 49.2 Å². The lowest BCUT2D eigenvalue weighted by Crippen LogP contribution is -2.47. The molecule has 4 nitrogen and oxygen atoms in total. The first-order chi connectivity index (χ1) is 9.26. The number of thiazole rings is 1. The average molecular weight is 276 g/mol. The van der Waals surface area contributed by atoms with Gasteiger partial charge in [0.15, 0.2) is 5.13 Å². The molecule has 3 rings (SSSR count). The lowest BCUT2D eigenvalue weighted by Gasteiger charge is -2.34. The van der Waals surface area contributed by atoms with Gasteiger partial charge in [-0.3, -0.25) is 4.90 Å². The maximum atomic E-state index is 5.60. The highest BCUT2D eigenvalue weighted by molar-refractivity contribution is 7.22. The number of fused-ring (bicyclic) bond motifs is 1. The summed E-state index contributed by atoms with van der Waals surface area (Å²) in [4.78, 5) is 9.59. The van der Waals surface area contributed by atoms with Gasteiger partial charge in [-0.1, -0.05) is 17.4 Å².